The van der Waals surface area contributed by atoms with E-state index in [1.807, 2.05) is 0 Å². The van der Waals surface area contributed by atoms with Gasteiger partial charge in [-0.2, -0.15) is 0 Å². The fourth-order valence-electron chi connectivity index (χ4n) is 0.839. The minimum atomic E-state index is 1.15. The Hall–Kier alpha value is -0.520. The first-order chi connectivity index (χ1) is 4.22. The topological polar surface area (TPSA) is 0 Å². The first-order valence-electron chi connectivity index (χ1n) is 3.51. The van der Waals surface area contributed by atoms with Crippen LogP contribution in [0.2, 0.25) is 0 Å². The molecule has 9 heavy (non-hydrogen) atoms. The van der Waals surface area contributed by atoms with Gasteiger partial charge in [0.1, 0.15) is 0 Å². The van der Waals surface area contributed by atoms with E-state index in [0.29, 0.717) is 0 Å². The minimum Gasteiger partial charge on any atom is -0.0874 e. The number of hydrogen-bond donors (Lipinski definition) is 0. The van der Waals surface area contributed by atoms with Gasteiger partial charge in [-0.25, -0.2) is 0 Å². The molecule has 0 heterocycles. The van der Waals surface area contributed by atoms with Gasteiger partial charge in [0.2, 0.25) is 0 Å². The molecule has 0 saturated heterocycles. The lowest BCUT2D eigenvalue weighted by Gasteiger charge is -1.97. The third-order valence-corrected chi connectivity index (χ3v) is 1.39. The zero-order valence-corrected chi connectivity index (χ0v) is 6.86. The molecule has 0 amide bonds. The van der Waals surface area contributed by atoms with E-state index in [9.17, 15) is 0 Å². The van der Waals surface area contributed by atoms with Crippen molar-refractivity contribution in [1.82, 2.24) is 0 Å². The molecule has 0 fully saturated rings. The molecule has 0 radical (unpaired) electrons. The molecule has 0 atom stereocenters. The Balaban J connectivity index is 4.16. The van der Waals surface area contributed by atoms with Crippen LogP contribution in [0, 0.1) is 0 Å². The lowest BCUT2D eigenvalue weighted by Crippen LogP contribution is -1.77. The van der Waals surface area contributed by atoms with Crippen molar-refractivity contribution >= 4 is 0 Å². The predicted octanol–water partition coefficient (Wildman–Crippen LogP) is 3.31. The van der Waals surface area contributed by atoms with E-state index < -0.39 is 0 Å². The predicted molar refractivity (Wildman–Crippen MR) is 43.5 cm³/mol. The highest BCUT2D eigenvalue weighted by Gasteiger charge is 1.87. The summed E-state index contributed by atoms with van der Waals surface area (Å²) in [5, 5.41) is 0. The van der Waals surface area contributed by atoms with Gasteiger partial charge < -0.3 is 0 Å². The summed E-state index contributed by atoms with van der Waals surface area (Å²) < 4.78 is 0. The smallest absolute Gasteiger partial charge is 0.0308 e. The van der Waals surface area contributed by atoms with E-state index in [2.05, 4.69) is 39.8 Å². The Morgan fingerprint density at radius 3 is 2.00 bits per heavy atom. The molecule has 0 bridgehead atoms. The van der Waals surface area contributed by atoms with Crippen molar-refractivity contribution in [3.05, 3.63) is 23.3 Å². The van der Waals surface area contributed by atoms with Crippen molar-refractivity contribution in [2.75, 3.05) is 0 Å². The van der Waals surface area contributed by atoms with Gasteiger partial charge in [0.15, 0.2) is 0 Å². The summed E-state index contributed by atoms with van der Waals surface area (Å²) >= 11 is 0. The minimum absolute atomic E-state index is 1.15. The molecule has 0 N–H and O–H groups in total. The first kappa shape index (κ1) is 8.48. The summed E-state index contributed by atoms with van der Waals surface area (Å²) in [6.07, 6.45) is 5.41. The molecule has 0 aliphatic carbocycles. The summed E-state index contributed by atoms with van der Waals surface area (Å²) in [6, 6.07) is 0. The molecular weight excluding hydrogens is 108 g/mol. The average Bonchev–Trinajstić information content (AvgIpc) is 1.82. The summed E-state index contributed by atoms with van der Waals surface area (Å²) in [5.41, 5.74) is 2.88. The van der Waals surface area contributed by atoms with Crippen LogP contribution in [0.25, 0.3) is 0 Å². The van der Waals surface area contributed by atoms with Crippen molar-refractivity contribution in [1.29, 1.82) is 0 Å². The molecule has 0 aromatic rings. The Labute approximate surface area is 58.3 Å². The Kier molecular flexibility index (Phi) is 4.12. The zero-order chi connectivity index (χ0) is 7.28. The molecule has 52 valence electrons. The Morgan fingerprint density at radius 1 is 1.33 bits per heavy atom. The number of allylic oxidation sites excluding steroid dienone is 4. The van der Waals surface area contributed by atoms with Crippen molar-refractivity contribution in [2.24, 2.45) is 0 Å². The maximum Gasteiger partial charge on any atom is -0.0308 e. The van der Waals surface area contributed by atoms with Crippen LogP contribution in [0.5, 0.6) is 0 Å². The van der Waals surface area contributed by atoms with E-state index >= 15 is 0 Å². The van der Waals surface area contributed by atoms with Gasteiger partial charge in [-0.1, -0.05) is 24.6 Å². The highest BCUT2D eigenvalue weighted by molar-refractivity contribution is 5.22. The molecule has 0 aromatic carbocycles. The molecule has 0 heteroatoms. The van der Waals surface area contributed by atoms with Crippen LogP contribution < -0.4 is 0 Å². The van der Waals surface area contributed by atoms with E-state index in [1.54, 1.807) is 0 Å². The maximum absolute atomic E-state index is 2.18. The summed E-state index contributed by atoms with van der Waals surface area (Å²) in [4.78, 5) is 0. The van der Waals surface area contributed by atoms with E-state index in [4.69, 9.17) is 0 Å². The lowest BCUT2D eigenvalue weighted by atomic mass is 10.1. The van der Waals surface area contributed by atoms with Crippen LogP contribution in [0.1, 0.15) is 34.1 Å². The van der Waals surface area contributed by atoms with Crippen LogP contribution in [0.15, 0.2) is 23.3 Å². The van der Waals surface area contributed by atoms with Crippen LogP contribution in [0.3, 0.4) is 0 Å². The van der Waals surface area contributed by atoms with Gasteiger partial charge in [0, 0.05) is 0 Å². The quantitative estimate of drug-likeness (QED) is 0.495. The Bertz CT molecular complexity index is 123. The fraction of sp³-hybridized carbons (Fsp3) is 0.556. The second kappa shape index (κ2) is 4.37. The molecule has 0 unspecified atom stereocenters. The van der Waals surface area contributed by atoms with Crippen LogP contribution in [-0.4, -0.2) is 0 Å². The molecule has 0 aliphatic rings. The molecule has 0 nitrogen and oxygen atoms in total. The van der Waals surface area contributed by atoms with Crippen LogP contribution in [-0.2, 0) is 0 Å². The first-order valence-corrected chi connectivity index (χ1v) is 3.51. The highest BCUT2D eigenvalue weighted by Crippen LogP contribution is 2.08. The molecule has 0 rings (SSSR count). The molecular formula is C9H16. The SMILES string of the molecule is C/C=C\C(CC)=C(C)C. The fourth-order valence-corrected chi connectivity index (χ4v) is 0.839. The summed E-state index contributed by atoms with van der Waals surface area (Å²) in [5.74, 6) is 0. The standard InChI is InChI=1S/C9H16/c1-5-7-9(6-2)8(3)4/h5,7H,6H2,1-4H3/b7-5-. The summed E-state index contributed by atoms with van der Waals surface area (Å²) in [6.45, 7) is 8.54. The molecule has 0 saturated carbocycles. The van der Waals surface area contributed by atoms with Gasteiger partial charge in [-0.3, -0.25) is 0 Å². The van der Waals surface area contributed by atoms with Gasteiger partial charge in [-0.05, 0) is 32.8 Å². The maximum atomic E-state index is 2.18. The molecule has 0 aliphatic heterocycles. The largest absolute Gasteiger partial charge is 0.0874 e. The molecule has 0 aromatic heterocycles. The van der Waals surface area contributed by atoms with E-state index in [0.717, 1.165) is 6.42 Å². The Morgan fingerprint density at radius 2 is 1.89 bits per heavy atom. The lowest BCUT2D eigenvalue weighted by molar-refractivity contribution is 1.10. The van der Waals surface area contributed by atoms with Crippen molar-refractivity contribution < 1.29 is 0 Å². The number of hydrogen-bond acceptors (Lipinski definition) is 0. The van der Waals surface area contributed by atoms with Crippen LogP contribution in [0.4, 0.5) is 0 Å². The third kappa shape index (κ3) is 3.12. The van der Waals surface area contributed by atoms with Gasteiger partial charge >= 0.3 is 0 Å². The summed E-state index contributed by atoms with van der Waals surface area (Å²) in [7, 11) is 0. The zero-order valence-electron chi connectivity index (χ0n) is 6.86. The third-order valence-electron chi connectivity index (χ3n) is 1.39. The van der Waals surface area contributed by atoms with Crippen molar-refractivity contribution in [3.8, 4) is 0 Å². The normalized spacial score (nSPS) is 10.2. The second-order valence-corrected chi connectivity index (χ2v) is 2.38. The van der Waals surface area contributed by atoms with Gasteiger partial charge in [-0.15, -0.1) is 0 Å². The highest BCUT2D eigenvalue weighted by atomic mass is 13.9. The van der Waals surface area contributed by atoms with E-state index in [1.165, 1.54) is 11.1 Å². The van der Waals surface area contributed by atoms with Crippen LogP contribution >= 0.6 is 0 Å². The van der Waals surface area contributed by atoms with E-state index in [-0.39, 0.29) is 0 Å². The van der Waals surface area contributed by atoms with Crippen molar-refractivity contribution in [2.45, 2.75) is 34.1 Å². The number of rotatable bonds is 2. The monoisotopic (exact) mass is 124 g/mol. The van der Waals surface area contributed by atoms with Crippen molar-refractivity contribution in [3.63, 3.8) is 0 Å². The second-order valence-electron chi connectivity index (χ2n) is 2.38. The average molecular weight is 124 g/mol. The van der Waals surface area contributed by atoms with Gasteiger partial charge in [0.05, 0.1) is 0 Å². The van der Waals surface area contributed by atoms with Gasteiger partial charge in [0.25, 0.3) is 0 Å². The molecule has 0 spiro atoms.